The van der Waals surface area contributed by atoms with Crippen LogP contribution in [0.3, 0.4) is 0 Å². The third kappa shape index (κ3) is 2.50. The molecule has 0 bridgehead atoms. The first-order chi connectivity index (χ1) is 8.58. The lowest BCUT2D eigenvalue weighted by Crippen LogP contribution is -2.21. The molecule has 0 atom stereocenters. The second kappa shape index (κ2) is 4.91. The molecule has 0 aliphatic rings. The normalized spacial score (nSPS) is 12.4. The van der Waals surface area contributed by atoms with Gasteiger partial charge in [-0.2, -0.15) is 5.10 Å². The highest BCUT2D eigenvalue weighted by molar-refractivity contribution is 5.96. The Labute approximate surface area is 102 Å². The lowest BCUT2D eigenvalue weighted by Gasteiger charge is -2.08. The zero-order valence-corrected chi connectivity index (χ0v) is 9.55. The molecule has 5 nitrogen and oxygen atoms in total. The van der Waals surface area contributed by atoms with Gasteiger partial charge in [-0.3, -0.25) is 0 Å². The van der Waals surface area contributed by atoms with Crippen LogP contribution in [0.15, 0.2) is 30.9 Å². The summed E-state index contributed by atoms with van der Waals surface area (Å²) in [5, 5.41) is 15.3. The molecule has 0 spiro atoms. The Morgan fingerprint density at radius 3 is 2.78 bits per heavy atom. The van der Waals surface area contributed by atoms with Gasteiger partial charge in [0.25, 0.3) is 0 Å². The molecule has 1 heterocycles. The Balaban J connectivity index is 2.40. The average molecular weight is 252 g/mol. The topological polar surface area (TPSA) is 56.8 Å². The van der Waals surface area contributed by atoms with Crippen molar-refractivity contribution in [2.24, 2.45) is 0 Å². The highest BCUT2D eigenvalue weighted by Gasteiger charge is 2.17. The summed E-state index contributed by atoms with van der Waals surface area (Å²) in [7, 11) is 1.25. The largest absolute Gasteiger partial charge is 0.624 e. The SMILES string of the molecule is C[N+]([O-])=C(Cn1cncn1)c1ccc(F)cc1F. The van der Waals surface area contributed by atoms with Gasteiger partial charge in [-0.05, 0) is 12.1 Å². The summed E-state index contributed by atoms with van der Waals surface area (Å²) in [4.78, 5) is 3.73. The molecule has 0 amide bonds. The summed E-state index contributed by atoms with van der Waals surface area (Å²) in [5.41, 5.74) is 0.183. The first-order valence-electron chi connectivity index (χ1n) is 5.12. The first-order valence-corrected chi connectivity index (χ1v) is 5.12. The number of aromatic nitrogens is 3. The van der Waals surface area contributed by atoms with Crippen LogP contribution >= 0.6 is 0 Å². The zero-order chi connectivity index (χ0) is 13.1. The van der Waals surface area contributed by atoms with Gasteiger partial charge in [0, 0.05) is 6.07 Å². The van der Waals surface area contributed by atoms with Crippen LogP contribution in [0.2, 0.25) is 0 Å². The average Bonchev–Trinajstić information content (AvgIpc) is 2.79. The maximum absolute atomic E-state index is 13.6. The highest BCUT2D eigenvalue weighted by atomic mass is 19.1. The molecule has 94 valence electrons. The molecule has 1 aromatic heterocycles. The van der Waals surface area contributed by atoms with Gasteiger partial charge in [0.2, 0.25) is 5.71 Å². The molecule has 0 radical (unpaired) electrons. The number of nitrogens with zero attached hydrogens (tertiary/aromatic N) is 4. The molecule has 0 N–H and O–H groups in total. The van der Waals surface area contributed by atoms with E-state index in [1.54, 1.807) is 0 Å². The maximum atomic E-state index is 13.6. The summed E-state index contributed by atoms with van der Waals surface area (Å²) in [6.45, 7) is 0.0581. The predicted octanol–water partition coefficient (Wildman–Crippen LogP) is 1.19. The van der Waals surface area contributed by atoms with Crippen LogP contribution in [-0.4, -0.2) is 32.3 Å². The molecule has 2 rings (SSSR count). The molecule has 2 aromatic rings. The molecule has 1 aromatic carbocycles. The van der Waals surface area contributed by atoms with Crippen molar-refractivity contribution in [3.05, 3.63) is 53.3 Å². The molecular formula is C11H10F2N4O. The van der Waals surface area contributed by atoms with Crippen molar-refractivity contribution in [2.45, 2.75) is 6.54 Å². The maximum Gasteiger partial charge on any atom is 0.218 e. The minimum Gasteiger partial charge on any atom is -0.624 e. The zero-order valence-electron chi connectivity index (χ0n) is 9.55. The van der Waals surface area contributed by atoms with Gasteiger partial charge >= 0.3 is 0 Å². The Morgan fingerprint density at radius 2 is 2.22 bits per heavy atom. The Hall–Kier alpha value is -2.31. The highest BCUT2D eigenvalue weighted by Crippen LogP contribution is 2.11. The smallest absolute Gasteiger partial charge is 0.218 e. The Bertz CT molecular complexity index is 577. The van der Waals surface area contributed by atoms with Crippen molar-refractivity contribution in [1.82, 2.24) is 14.8 Å². The summed E-state index contributed by atoms with van der Waals surface area (Å²) in [5.74, 6) is -1.47. The molecule has 0 fully saturated rings. The van der Waals surface area contributed by atoms with Crippen LogP contribution in [-0.2, 0) is 6.54 Å². The molecular weight excluding hydrogens is 242 g/mol. The number of hydroxylamine groups is 1. The fourth-order valence-corrected chi connectivity index (χ4v) is 1.55. The summed E-state index contributed by atoms with van der Waals surface area (Å²) >= 11 is 0. The second-order valence-electron chi connectivity index (χ2n) is 3.66. The van der Waals surface area contributed by atoms with Crippen LogP contribution in [0.4, 0.5) is 8.78 Å². The van der Waals surface area contributed by atoms with Crippen LogP contribution in [0.25, 0.3) is 0 Å². The number of benzene rings is 1. The van der Waals surface area contributed by atoms with Gasteiger partial charge < -0.3 is 5.21 Å². The van der Waals surface area contributed by atoms with Crippen molar-refractivity contribution in [1.29, 1.82) is 0 Å². The Morgan fingerprint density at radius 1 is 1.44 bits per heavy atom. The minimum absolute atomic E-state index is 0.0457. The minimum atomic E-state index is -0.784. The third-order valence-electron chi connectivity index (χ3n) is 2.40. The van der Waals surface area contributed by atoms with E-state index in [2.05, 4.69) is 10.1 Å². The van der Waals surface area contributed by atoms with Gasteiger partial charge in [-0.1, -0.05) is 0 Å². The van der Waals surface area contributed by atoms with Crippen molar-refractivity contribution < 1.29 is 13.5 Å². The molecule has 7 heteroatoms. The van der Waals surface area contributed by atoms with Crippen molar-refractivity contribution in [3.63, 3.8) is 0 Å². The number of hydrogen-bond acceptors (Lipinski definition) is 3. The molecule has 18 heavy (non-hydrogen) atoms. The van der Waals surface area contributed by atoms with Crippen LogP contribution in [0.1, 0.15) is 5.56 Å². The van der Waals surface area contributed by atoms with Gasteiger partial charge in [0.1, 0.15) is 37.9 Å². The van der Waals surface area contributed by atoms with Crippen molar-refractivity contribution in [2.75, 3.05) is 7.05 Å². The lowest BCUT2D eigenvalue weighted by atomic mass is 10.1. The standard InChI is InChI=1S/C11H10F2N4O/c1-16(18)11(5-17-7-14-6-15-17)9-3-2-8(12)4-10(9)13/h2-4,6-7H,5H2,1H3. The van der Waals surface area contributed by atoms with E-state index in [9.17, 15) is 14.0 Å². The fraction of sp³-hybridized carbons (Fsp3) is 0.182. The van der Waals surface area contributed by atoms with Crippen LogP contribution < -0.4 is 0 Å². The molecule has 0 aliphatic heterocycles. The van der Waals surface area contributed by atoms with E-state index in [1.807, 2.05) is 0 Å². The number of halogens is 2. The van der Waals surface area contributed by atoms with Gasteiger partial charge in [0.15, 0.2) is 0 Å². The monoisotopic (exact) mass is 252 g/mol. The number of rotatable bonds is 3. The van der Waals surface area contributed by atoms with Gasteiger partial charge in [-0.15, -0.1) is 0 Å². The Kier molecular flexibility index (Phi) is 3.31. The van der Waals surface area contributed by atoms with E-state index >= 15 is 0 Å². The van der Waals surface area contributed by atoms with Crippen molar-refractivity contribution in [3.8, 4) is 0 Å². The van der Waals surface area contributed by atoms with Crippen LogP contribution in [0.5, 0.6) is 0 Å². The molecule has 0 saturated carbocycles. The third-order valence-corrected chi connectivity index (χ3v) is 2.40. The summed E-state index contributed by atoms with van der Waals surface area (Å²) in [6, 6.07) is 3.06. The van der Waals surface area contributed by atoms with E-state index in [0.717, 1.165) is 12.1 Å². The van der Waals surface area contributed by atoms with E-state index in [-0.39, 0.29) is 17.8 Å². The summed E-state index contributed by atoms with van der Waals surface area (Å²) < 4.78 is 28.3. The molecule has 0 unspecified atom stereocenters. The second-order valence-corrected chi connectivity index (χ2v) is 3.66. The predicted molar refractivity (Wildman–Crippen MR) is 60.0 cm³/mol. The van der Waals surface area contributed by atoms with Crippen LogP contribution in [0, 0.1) is 16.8 Å². The van der Waals surface area contributed by atoms with E-state index in [1.165, 1.54) is 30.5 Å². The summed E-state index contributed by atoms with van der Waals surface area (Å²) in [6.07, 6.45) is 2.72. The van der Waals surface area contributed by atoms with Crippen molar-refractivity contribution >= 4 is 5.71 Å². The lowest BCUT2D eigenvalue weighted by molar-refractivity contribution is -0.423. The van der Waals surface area contributed by atoms with E-state index in [0.29, 0.717) is 4.74 Å². The van der Waals surface area contributed by atoms with E-state index < -0.39 is 11.6 Å². The van der Waals surface area contributed by atoms with E-state index in [4.69, 9.17) is 0 Å². The van der Waals surface area contributed by atoms with Gasteiger partial charge in [-0.25, -0.2) is 23.2 Å². The first kappa shape index (κ1) is 12.2. The number of hydrogen-bond donors (Lipinski definition) is 0. The van der Waals surface area contributed by atoms with Gasteiger partial charge in [0.05, 0.1) is 5.56 Å². The molecule has 0 aliphatic carbocycles. The fourth-order valence-electron chi connectivity index (χ4n) is 1.55. The molecule has 0 saturated heterocycles. The quantitative estimate of drug-likeness (QED) is 0.357.